The van der Waals surface area contributed by atoms with E-state index in [4.69, 9.17) is 4.18 Å². The lowest BCUT2D eigenvalue weighted by atomic mass is 10.2. The molecule has 0 aliphatic rings. The van der Waals surface area contributed by atoms with Gasteiger partial charge in [-0.15, -0.1) is 0 Å². The molecule has 3 aromatic carbocycles. The van der Waals surface area contributed by atoms with Crippen molar-refractivity contribution in [2.75, 3.05) is 0 Å². The van der Waals surface area contributed by atoms with Crippen LogP contribution >= 0.6 is 0 Å². The summed E-state index contributed by atoms with van der Waals surface area (Å²) in [6, 6.07) is 22.7. The van der Waals surface area contributed by atoms with Crippen LogP contribution in [0.3, 0.4) is 0 Å². The molecule has 0 heterocycles. The SMILES string of the molecule is Cc1ccc(N=Cc2ccc(OS(=O)(=O)c3ccccc3)cc2)cc1. The van der Waals surface area contributed by atoms with Crippen LogP contribution in [0.2, 0.25) is 0 Å². The van der Waals surface area contributed by atoms with Crippen molar-refractivity contribution in [2.45, 2.75) is 11.8 Å². The minimum atomic E-state index is -3.82. The maximum atomic E-state index is 12.2. The molecule has 0 N–H and O–H groups in total. The Balaban J connectivity index is 1.71. The van der Waals surface area contributed by atoms with Gasteiger partial charge in [0.15, 0.2) is 0 Å². The van der Waals surface area contributed by atoms with E-state index < -0.39 is 10.1 Å². The number of benzene rings is 3. The second kappa shape index (κ2) is 7.32. The summed E-state index contributed by atoms with van der Waals surface area (Å²) in [5, 5.41) is 0. The Bertz CT molecular complexity index is 962. The van der Waals surface area contributed by atoms with Gasteiger partial charge in [0.2, 0.25) is 0 Å². The van der Waals surface area contributed by atoms with E-state index in [1.165, 1.54) is 17.7 Å². The van der Waals surface area contributed by atoms with Gasteiger partial charge in [0.25, 0.3) is 0 Å². The zero-order chi connectivity index (χ0) is 17.7. The first-order chi connectivity index (χ1) is 12.0. The van der Waals surface area contributed by atoms with Gasteiger partial charge < -0.3 is 4.18 Å². The zero-order valence-corrected chi connectivity index (χ0v) is 14.5. The van der Waals surface area contributed by atoms with Crippen molar-refractivity contribution in [3.8, 4) is 5.75 Å². The fourth-order valence-electron chi connectivity index (χ4n) is 2.15. The number of hydrogen-bond acceptors (Lipinski definition) is 4. The molecule has 0 bridgehead atoms. The highest BCUT2D eigenvalue weighted by Gasteiger charge is 2.15. The second-order valence-electron chi connectivity index (χ2n) is 5.51. The summed E-state index contributed by atoms with van der Waals surface area (Å²) in [5.74, 6) is 0.260. The average molecular weight is 351 g/mol. The third-order valence-corrected chi connectivity index (χ3v) is 4.78. The predicted molar refractivity (Wildman–Crippen MR) is 99.1 cm³/mol. The van der Waals surface area contributed by atoms with E-state index in [1.54, 1.807) is 48.7 Å². The summed E-state index contributed by atoms with van der Waals surface area (Å²) in [6.45, 7) is 2.02. The topological polar surface area (TPSA) is 55.7 Å². The molecule has 0 atom stereocenters. The molecule has 0 unspecified atom stereocenters. The first kappa shape index (κ1) is 16.9. The molecular formula is C20H17NO3S. The molecule has 0 aromatic heterocycles. The molecule has 0 aliphatic heterocycles. The van der Waals surface area contributed by atoms with Crippen LogP contribution in [0.4, 0.5) is 5.69 Å². The highest BCUT2D eigenvalue weighted by molar-refractivity contribution is 7.87. The van der Waals surface area contributed by atoms with Crippen molar-refractivity contribution >= 4 is 22.0 Å². The summed E-state index contributed by atoms with van der Waals surface area (Å²) in [4.78, 5) is 4.51. The minimum absolute atomic E-state index is 0.125. The summed E-state index contributed by atoms with van der Waals surface area (Å²) < 4.78 is 29.5. The van der Waals surface area contributed by atoms with Crippen LogP contribution in [0, 0.1) is 6.92 Å². The van der Waals surface area contributed by atoms with Gasteiger partial charge in [-0.2, -0.15) is 8.42 Å². The average Bonchev–Trinajstić information content (AvgIpc) is 2.63. The molecule has 0 aliphatic carbocycles. The van der Waals surface area contributed by atoms with Crippen molar-refractivity contribution in [2.24, 2.45) is 4.99 Å². The van der Waals surface area contributed by atoms with Crippen molar-refractivity contribution in [1.82, 2.24) is 0 Å². The molecule has 0 fully saturated rings. The molecule has 0 saturated heterocycles. The van der Waals surface area contributed by atoms with E-state index in [0.29, 0.717) is 0 Å². The van der Waals surface area contributed by atoms with Crippen LogP contribution in [-0.2, 0) is 10.1 Å². The molecule has 3 rings (SSSR count). The molecule has 25 heavy (non-hydrogen) atoms. The quantitative estimate of drug-likeness (QED) is 0.502. The Morgan fingerprint density at radius 2 is 1.48 bits per heavy atom. The Kier molecular flexibility index (Phi) is 4.95. The first-order valence-corrected chi connectivity index (χ1v) is 9.14. The van der Waals surface area contributed by atoms with Gasteiger partial charge in [0, 0.05) is 6.21 Å². The van der Waals surface area contributed by atoms with Gasteiger partial charge in [-0.1, -0.05) is 35.9 Å². The lowest BCUT2D eigenvalue weighted by Gasteiger charge is -2.06. The number of rotatable bonds is 5. The minimum Gasteiger partial charge on any atom is -0.379 e. The van der Waals surface area contributed by atoms with Gasteiger partial charge in [-0.25, -0.2) is 0 Å². The Morgan fingerprint density at radius 3 is 2.12 bits per heavy atom. The third-order valence-electron chi connectivity index (χ3n) is 3.51. The van der Waals surface area contributed by atoms with Crippen LogP contribution in [-0.4, -0.2) is 14.6 Å². The fraction of sp³-hybridized carbons (Fsp3) is 0.0500. The standard InChI is InChI=1S/C20H17NO3S/c1-16-7-11-18(12-8-16)21-15-17-9-13-19(14-10-17)24-25(22,23)20-5-3-2-4-6-20/h2-15H,1H3. The smallest absolute Gasteiger partial charge is 0.339 e. The second-order valence-corrected chi connectivity index (χ2v) is 7.06. The van der Waals surface area contributed by atoms with Crippen molar-refractivity contribution in [1.29, 1.82) is 0 Å². The number of nitrogens with zero attached hydrogens (tertiary/aromatic N) is 1. The van der Waals surface area contributed by atoms with Crippen molar-refractivity contribution < 1.29 is 12.6 Å². The highest BCUT2D eigenvalue weighted by atomic mass is 32.2. The fourth-order valence-corrected chi connectivity index (χ4v) is 3.10. The van der Waals surface area contributed by atoms with Gasteiger partial charge >= 0.3 is 10.1 Å². The van der Waals surface area contributed by atoms with Crippen LogP contribution in [0.25, 0.3) is 0 Å². The lowest BCUT2D eigenvalue weighted by Crippen LogP contribution is -2.09. The highest BCUT2D eigenvalue weighted by Crippen LogP contribution is 2.19. The van der Waals surface area contributed by atoms with Crippen LogP contribution < -0.4 is 4.18 Å². The third kappa shape index (κ3) is 4.55. The van der Waals surface area contributed by atoms with E-state index in [2.05, 4.69) is 4.99 Å². The maximum absolute atomic E-state index is 12.2. The van der Waals surface area contributed by atoms with Crippen LogP contribution in [0.1, 0.15) is 11.1 Å². The Morgan fingerprint density at radius 1 is 0.840 bits per heavy atom. The molecule has 0 spiro atoms. The Hall–Kier alpha value is -2.92. The summed E-state index contributed by atoms with van der Waals surface area (Å²) >= 11 is 0. The monoisotopic (exact) mass is 351 g/mol. The predicted octanol–water partition coefficient (Wildman–Crippen LogP) is 4.51. The lowest BCUT2D eigenvalue weighted by molar-refractivity contribution is 0.486. The van der Waals surface area contributed by atoms with Gasteiger partial charge in [-0.05, 0) is 61.0 Å². The van der Waals surface area contributed by atoms with Gasteiger partial charge in [-0.3, -0.25) is 4.99 Å². The largest absolute Gasteiger partial charge is 0.379 e. The summed E-state index contributed by atoms with van der Waals surface area (Å²) in [5.41, 5.74) is 2.89. The van der Waals surface area contributed by atoms with E-state index in [-0.39, 0.29) is 10.6 Å². The van der Waals surface area contributed by atoms with Crippen molar-refractivity contribution in [3.63, 3.8) is 0 Å². The molecule has 126 valence electrons. The molecule has 0 radical (unpaired) electrons. The summed E-state index contributed by atoms with van der Waals surface area (Å²) in [6.07, 6.45) is 1.72. The van der Waals surface area contributed by atoms with Crippen molar-refractivity contribution in [3.05, 3.63) is 90.0 Å². The molecule has 5 heteroatoms. The van der Waals surface area contributed by atoms with E-state index in [1.807, 2.05) is 31.2 Å². The molecular weight excluding hydrogens is 334 g/mol. The number of aryl methyl sites for hydroxylation is 1. The van der Waals surface area contributed by atoms with Crippen LogP contribution in [0.5, 0.6) is 5.75 Å². The maximum Gasteiger partial charge on any atom is 0.339 e. The normalized spacial score (nSPS) is 11.6. The molecule has 0 amide bonds. The molecule has 0 saturated carbocycles. The van der Waals surface area contributed by atoms with Crippen LogP contribution in [0.15, 0.2) is 88.8 Å². The Labute approximate surface area is 147 Å². The molecule has 4 nitrogen and oxygen atoms in total. The molecule has 3 aromatic rings. The van der Waals surface area contributed by atoms with Gasteiger partial charge in [0.05, 0.1) is 5.69 Å². The first-order valence-electron chi connectivity index (χ1n) is 7.73. The number of hydrogen-bond donors (Lipinski definition) is 0. The van der Waals surface area contributed by atoms with E-state index in [9.17, 15) is 8.42 Å². The summed E-state index contributed by atoms with van der Waals surface area (Å²) in [7, 11) is -3.82. The van der Waals surface area contributed by atoms with Gasteiger partial charge in [0.1, 0.15) is 10.6 Å². The van der Waals surface area contributed by atoms with E-state index in [0.717, 1.165) is 11.3 Å². The number of aliphatic imine (C=N–C) groups is 1. The van der Waals surface area contributed by atoms with E-state index >= 15 is 0 Å². The zero-order valence-electron chi connectivity index (χ0n) is 13.7.